The van der Waals surface area contributed by atoms with E-state index in [2.05, 4.69) is 24.9 Å². The molecular formula is C20H27FN2O2. The van der Waals surface area contributed by atoms with Crippen LogP contribution in [0, 0.1) is 11.7 Å². The number of fused-ring (bicyclic) bond motifs is 1. The second-order valence-corrected chi connectivity index (χ2v) is 8.26. The molecule has 0 saturated carbocycles. The summed E-state index contributed by atoms with van der Waals surface area (Å²) in [5, 5.41) is 0. The Morgan fingerprint density at radius 3 is 2.76 bits per heavy atom. The fraction of sp³-hybridized carbons (Fsp3) is 0.650. The van der Waals surface area contributed by atoms with Crippen molar-refractivity contribution in [2.75, 3.05) is 26.7 Å². The summed E-state index contributed by atoms with van der Waals surface area (Å²) in [7, 11) is 2.12. The molecule has 4 nitrogen and oxygen atoms in total. The van der Waals surface area contributed by atoms with E-state index < -0.39 is 0 Å². The summed E-state index contributed by atoms with van der Waals surface area (Å²) >= 11 is 0. The van der Waals surface area contributed by atoms with Crippen molar-refractivity contribution in [2.45, 2.75) is 50.7 Å². The number of halogens is 1. The Hall–Kier alpha value is -1.62. The van der Waals surface area contributed by atoms with Gasteiger partial charge < -0.3 is 14.5 Å². The van der Waals surface area contributed by atoms with Crippen molar-refractivity contribution in [3.63, 3.8) is 0 Å². The molecule has 1 amide bonds. The molecule has 2 fully saturated rings. The van der Waals surface area contributed by atoms with Gasteiger partial charge in [-0.1, -0.05) is 6.92 Å². The second kappa shape index (κ2) is 6.27. The minimum atomic E-state index is -0.271. The van der Waals surface area contributed by atoms with Gasteiger partial charge in [-0.15, -0.1) is 0 Å². The largest absolute Gasteiger partial charge is 0.483 e. The molecule has 0 aliphatic carbocycles. The van der Waals surface area contributed by atoms with Gasteiger partial charge in [0.25, 0.3) is 0 Å². The van der Waals surface area contributed by atoms with Crippen molar-refractivity contribution < 1.29 is 13.9 Å². The number of carbonyl (C=O) groups is 1. The molecule has 1 spiro atoms. The number of hydrogen-bond acceptors (Lipinski definition) is 3. The van der Waals surface area contributed by atoms with Crippen LogP contribution in [-0.2, 0) is 11.2 Å². The Bertz CT molecular complexity index is 670. The topological polar surface area (TPSA) is 32.8 Å². The van der Waals surface area contributed by atoms with E-state index in [9.17, 15) is 9.18 Å². The number of likely N-dealkylation sites (tertiary alicyclic amines) is 2. The lowest BCUT2D eigenvalue weighted by molar-refractivity contribution is -0.122. The van der Waals surface area contributed by atoms with Gasteiger partial charge in [0.2, 0.25) is 6.41 Å². The van der Waals surface area contributed by atoms with E-state index in [4.69, 9.17) is 4.74 Å². The Morgan fingerprint density at radius 1 is 1.28 bits per heavy atom. The number of carbonyl (C=O) groups excluding carboxylic acids is 1. The van der Waals surface area contributed by atoms with Crippen molar-refractivity contribution in [1.82, 2.24) is 9.80 Å². The van der Waals surface area contributed by atoms with E-state index in [1.807, 2.05) is 4.90 Å². The maximum Gasteiger partial charge on any atom is 0.210 e. The van der Waals surface area contributed by atoms with Crippen LogP contribution in [0.25, 0.3) is 0 Å². The van der Waals surface area contributed by atoms with E-state index in [-0.39, 0.29) is 17.5 Å². The average Bonchev–Trinajstić information content (AvgIpc) is 2.96. The molecule has 1 aromatic carbocycles. The highest BCUT2D eigenvalue weighted by Gasteiger charge is 2.43. The van der Waals surface area contributed by atoms with Gasteiger partial charge in [-0.2, -0.15) is 0 Å². The van der Waals surface area contributed by atoms with Gasteiger partial charge in [0.15, 0.2) is 11.6 Å². The van der Waals surface area contributed by atoms with E-state index >= 15 is 0 Å². The van der Waals surface area contributed by atoms with Crippen LogP contribution in [-0.4, -0.2) is 48.5 Å². The monoisotopic (exact) mass is 346 g/mol. The standard InChI is InChI=1S/C20H27FN2O2/c1-14-3-4-18(23(12-14)13-24)15-9-16-11-20(5-7-22(2)8-6-20)25-19(16)17(21)10-15/h9-10,13-14,18H,3-8,11-12H2,1-2H3/t14-,18?/m0/s1. The smallest absolute Gasteiger partial charge is 0.210 e. The van der Waals surface area contributed by atoms with E-state index in [0.29, 0.717) is 11.7 Å². The number of hydrogen-bond donors (Lipinski definition) is 0. The summed E-state index contributed by atoms with van der Waals surface area (Å²) in [4.78, 5) is 15.6. The Morgan fingerprint density at radius 2 is 2.04 bits per heavy atom. The normalized spacial score (nSPS) is 28.7. The highest BCUT2D eigenvalue weighted by atomic mass is 19.1. The lowest BCUT2D eigenvalue weighted by Gasteiger charge is -2.37. The van der Waals surface area contributed by atoms with Gasteiger partial charge >= 0.3 is 0 Å². The molecule has 25 heavy (non-hydrogen) atoms. The van der Waals surface area contributed by atoms with Gasteiger partial charge in [0.05, 0.1) is 6.04 Å². The van der Waals surface area contributed by atoms with Crippen LogP contribution in [0.2, 0.25) is 0 Å². The maximum absolute atomic E-state index is 14.8. The summed E-state index contributed by atoms with van der Waals surface area (Å²) in [5.41, 5.74) is 1.66. The quantitative estimate of drug-likeness (QED) is 0.771. The second-order valence-electron chi connectivity index (χ2n) is 8.26. The zero-order valence-corrected chi connectivity index (χ0v) is 15.1. The number of nitrogens with zero attached hydrogens (tertiary/aromatic N) is 2. The Labute approximate surface area is 148 Å². The molecule has 1 unspecified atom stereocenters. The third-order valence-corrected chi connectivity index (χ3v) is 6.25. The predicted octanol–water partition coefficient (Wildman–Crippen LogP) is 3.15. The SMILES string of the molecule is C[C@H]1CCC(c2cc(F)c3c(c2)CC2(CCN(C)CC2)O3)N(C=O)C1. The van der Waals surface area contributed by atoms with Crippen LogP contribution < -0.4 is 4.74 Å². The molecular weight excluding hydrogens is 319 g/mol. The first kappa shape index (κ1) is 16.8. The molecule has 2 atom stereocenters. The van der Waals surface area contributed by atoms with Gasteiger partial charge in [-0.3, -0.25) is 4.79 Å². The van der Waals surface area contributed by atoms with Gasteiger partial charge in [-0.25, -0.2) is 4.39 Å². The number of benzene rings is 1. The van der Waals surface area contributed by atoms with Crippen molar-refractivity contribution in [3.05, 3.63) is 29.1 Å². The van der Waals surface area contributed by atoms with Gasteiger partial charge in [-0.05, 0) is 43.5 Å². The first-order chi connectivity index (χ1) is 12.0. The zero-order chi connectivity index (χ0) is 17.6. The van der Waals surface area contributed by atoms with Crippen molar-refractivity contribution in [1.29, 1.82) is 0 Å². The van der Waals surface area contributed by atoms with Crippen molar-refractivity contribution in [2.24, 2.45) is 5.92 Å². The molecule has 0 N–H and O–H groups in total. The van der Waals surface area contributed by atoms with Crippen molar-refractivity contribution >= 4 is 6.41 Å². The highest BCUT2D eigenvalue weighted by molar-refractivity contribution is 5.51. The lowest BCUT2D eigenvalue weighted by Crippen LogP contribution is -2.45. The maximum atomic E-state index is 14.8. The molecule has 0 bridgehead atoms. The van der Waals surface area contributed by atoms with Crippen LogP contribution in [0.4, 0.5) is 4.39 Å². The van der Waals surface area contributed by atoms with Gasteiger partial charge in [0.1, 0.15) is 5.60 Å². The Kier molecular flexibility index (Phi) is 4.22. The van der Waals surface area contributed by atoms with Crippen LogP contribution >= 0.6 is 0 Å². The summed E-state index contributed by atoms with van der Waals surface area (Å²) in [6.45, 7) is 4.89. The molecule has 3 aliphatic heterocycles. The Balaban J connectivity index is 1.60. The average molecular weight is 346 g/mol. The molecule has 1 aromatic rings. The summed E-state index contributed by atoms with van der Waals surface area (Å²) in [6.07, 6.45) is 5.55. The summed E-state index contributed by atoms with van der Waals surface area (Å²) in [6, 6.07) is 3.66. The fourth-order valence-electron chi connectivity index (χ4n) is 4.68. The third kappa shape index (κ3) is 3.03. The van der Waals surface area contributed by atoms with Crippen LogP contribution in [0.1, 0.15) is 49.8 Å². The predicted molar refractivity (Wildman–Crippen MR) is 94.1 cm³/mol. The number of rotatable bonds is 2. The first-order valence-electron chi connectivity index (χ1n) is 9.40. The zero-order valence-electron chi connectivity index (χ0n) is 15.1. The molecule has 5 heteroatoms. The van der Waals surface area contributed by atoms with Crippen molar-refractivity contribution in [3.8, 4) is 5.75 Å². The van der Waals surface area contributed by atoms with Crippen LogP contribution in [0.15, 0.2) is 12.1 Å². The minimum Gasteiger partial charge on any atom is -0.483 e. The number of piperidine rings is 2. The van der Waals surface area contributed by atoms with Crippen LogP contribution in [0.5, 0.6) is 5.75 Å². The number of ether oxygens (including phenoxy) is 1. The summed E-state index contributed by atoms with van der Waals surface area (Å²) in [5.74, 6) is 0.675. The summed E-state index contributed by atoms with van der Waals surface area (Å²) < 4.78 is 20.9. The van der Waals surface area contributed by atoms with E-state index in [0.717, 1.165) is 69.3 Å². The molecule has 0 aromatic heterocycles. The fourth-order valence-corrected chi connectivity index (χ4v) is 4.68. The van der Waals surface area contributed by atoms with Gasteiger partial charge in [0, 0.05) is 44.5 Å². The first-order valence-corrected chi connectivity index (χ1v) is 9.40. The highest BCUT2D eigenvalue weighted by Crippen LogP contribution is 2.44. The molecule has 3 heterocycles. The lowest BCUT2D eigenvalue weighted by atomic mass is 9.85. The minimum absolute atomic E-state index is 0.0115. The molecule has 3 aliphatic rings. The third-order valence-electron chi connectivity index (χ3n) is 6.25. The number of amides is 1. The van der Waals surface area contributed by atoms with E-state index in [1.165, 1.54) is 0 Å². The molecule has 136 valence electrons. The molecule has 0 radical (unpaired) electrons. The molecule has 4 rings (SSSR count). The van der Waals surface area contributed by atoms with E-state index in [1.54, 1.807) is 6.07 Å². The van der Waals surface area contributed by atoms with Crippen LogP contribution in [0.3, 0.4) is 0 Å². The molecule has 2 saturated heterocycles.